The fraction of sp³-hybridized carbons (Fsp3) is 0.310. The van der Waals surface area contributed by atoms with Gasteiger partial charge >= 0.3 is 0 Å². The van der Waals surface area contributed by atoms with E-state index in [0.717, 1.165) is 41.3 Å². The van der Waals surface area contributed by atoms with Gasteiger partial charge in [0.2, 0.25) is 0 Å². The molecule has 2 aromatic heterocycles. The Bertz CT molecular complexity index is 1560. The Kier molecular flexibility index (Phi) is 5.13. The van der Waals surface area contributed by atoms with Gasteiger partial charge in [0.25, 0.3) is 0 Å². The van der Waals surface area contributed by atoms with Gasteiger partial charge in [0.1, 0.15) is 11.6 Å². The van der Waals surface area contributed by atoms with Crippen LogP contribution in [-0.2, 0) is 0 Å². The first-order chi connectivity index (χ1) is 17.5. The number of H-pyrrole nitrogens is 2. The number of rotatable bonds is 4. The van der Waals surface area contributed by atoms with E-state index in [0.29, 0.717) is 12.1 Å². The van der Waals surface area contributed by atoms with Gasteiger partial charge in [-0.15, -0.1) is 0 Å². The van der Waals surface area contributed by atoms with Gasteiger partial charge < -0.3 is 20.6 Å². The van der Waals surface area contributed by atoms with Crippen LogP contribution < -0.4 is 10.6 Å². The number of benzene rings is 3. The van der Waals surface area contributed by atoms with Gasteiger partial charge in [-0.1, -0.05) is 55.6 Å². The minimum absolute atomic E-state index is 0.347. The number of hydrogen-bond donors (Lipinski definition) is 4. The van der Waals surface area contributed by atoms with Crippen LogP contribution in [0.5, 0.6) is 0 Å². The van der Waals surface area contributed by atoms with Gasteiger partial charge in [-0.3, -0.25) is 0 Å². The lowest BCUT2D eigenvalue weighted by molar-refractivity contribution is 0.614. The zero-order valence-corrected chi connectivity index (χ0v) is 21.9. The molecular weight excluding hydrogens is 460 g/mol. The molecule has 2 aliphatic heterocycles. The van der Waals surface area contributed by atoms with Crippen molar-refractivity contribution in [3.63, 3.8) is 0 Å². The topological polar surface area (TPSA) is 81.4 Å². The second-order valence-electron chi connectivity index (χ2n) is 11.2. The van der Waals surface area contributed by atoms with Crippen molar-refractivity contribution in [3.05, 3.63) is 72.4 Å². The molecule has 7 heteroatoms. The predicted molar refractivity (Wildman–Crippen MR) is 150 cm³/mol. The average Bonchev–Trinajstić information content (AvgIpc) is 3.69. The standard InChI is InChI=1S/C29H32N6Si/c1-36(2)16-26(32-17-36)28-31-15-25(34-28)19-7-5-18(6-8-19)20-9-11-22-21(14-20)10-12-23-27(22)35-29(33-23)24-4-3-13-30-24/h5-12,14-15,24,26,30,32H,3-4,13,16-17H2,1-2H3,(H,31,34)(H,33,35). The Labute approximate surface area is 212 Å². The highest BCUT2D eigenvalue weighted by Gasteiger charge is 2.34. The first-order valence-electron chi connectivity index (χ1n) is 13.1. The molecule has 6 nitrogen and oxygen atoms in total. The summed E-state index contributed by atoms with van der Waals surface area (Å²) in [6.45, 7) is 5.96. The summed E-state index contributed by atoms with van der Waals surface area (Å²) in [7, 11) is -1.12. The summed E-state index contributed by atoms with van der Waals surface area (Å²) in [5.74, 6) is 2.13. The van der Waals surface area contributed by atoms with Crippen molar-refractivity contribution >= 4 is 29.9 Å². The van der Waals surface area contributed by atoms with E-state index in [2.05, 4.69) is 88.3 Å². The number of aromatic nitrogens is 4. The molecule has 5 aromatic rings. The van der Waals surface area contributed by atoms with Crippen LogP contribution in [-0.4, -0.2) is 40.7 Å². The maximum absolute atomic E-state index is 4.98. The Morgan fingerprint density at radius 3 is 2.44 bits per heavy atom. The molecule has 2 fully saturated rings. The van der Waals surface area contributed by atoms with Crippen molar-refractivity contribution in [1.29, 1.82) is 0 Å². The highest BCUT2D eigenvalue weighted by atomic mass is 28.3. The summed E-state index contributed by atoms with van der Waals surface area (Å²) in [6.07, 6.45) is 5.50. The van der Waals surface area contributed by atoms with E-state index in [9.17, 15) is 0 Å². The minimum atomic E-state index is -1.12. The molecule has 0 amide bonds. The lowest BCUT2D eigenvalue weighted by Crippen LogP contribution is -2.28. The van der Waals surface area contributed by atoms with Crippen LogP contribution in [0.1, 0.15) is 36.6 Å². The zero-order chi connectivity index (χ0) is 24.3. The monoisotopic (exact) mass is 492 g/mol. The van der Waals surface area contributed by atoms with Gasteiger partial charge in [-0.25, -0.2) is 9.97 Å². The molecule has 0 aliphatic carbocycles. The van der Waals surface area contributed by atoms with Gasteiger partial charge in [0.05, 0.1) is 43.1 Å². The third-order valence-corrected chi connectivity index (χ3v) is 10.6. The highest BCUT2D eigenvalue weighted by Crippen LogP contribution is 2.33. The van der Waals surface area contributed by atoms with Crippen LogP contribution in [0.3, 0.4) is 0 Å². The normalized spacial score (nSPS) is 21.6. The molecule has 182 valence electrons. The summed E-state index contributed by atoms with van der Waals surface area (Å²) < 4.78 is 0. The fourth-order valence-corrected chi connectivity index (χ4v) is 8.26. The lowest BCUT2D eigenvalue weighted by atomic mass is 9.99. The van der Waals surface area contributed by atoms with Gasteiger partial charge in [-0.2, -0.15) is 0 Å². The molecule has 7 rings (SSSR count). The number of nitrogens with zero attached hydrogens (tertiary/aromatic N) is 2. The summed E-state index contributed by atoms with van der Waals surface area (Å²) in [5, 5.41) is 9.62. The van der Waals surface area contributed by atoms with Crippen LogP contribution in [0.4, 0.5) is 0 Å². The molecule has 0 bridgehead atoms. The van der Waals surface area contributed by atoms with Gasteiger partial charge in [0, 0.05) is 5.39 Å². The van der Waals surface area contributed by atoms with Crippen molar-refractivity contribution in [2.24, 2.45) is 0 Å². The number of imidazole rings is 2. The van der Waals surface area contributed by atoms with Gasteiger partial charge in [0.15, 0.2) is 0 Å². The van der Waals surface area contributed by atoms with Crippen LogP contribution in [0, 0.1) is 0 Å². The molecular formula is C29H32N6Si. The molecule has 0 spiro atoms. The molecule has 2 saturated heterocycles. The molecule has 4 heterocycles. The molecule has 3 aromatic carbocycles. The predicted octanol–water partition coefficient (Wildman–Crippen LogP) is 6.09. The molecule has 0 radical (unpaired) electrons. The summed E-state index contributed by atoms with van der Waals surface area (Å²) in [5.41, 5.74) is 6.85. The largest absolute Gasteiger partial charge is 0.341 e. The molecule has 36 heavy (non-hydrogen) atoms. The van der Waals surface area contributed by atoms with E-state index >= 15 is 0 Å². The van der Waals surface area contributed by atoms with Crippen LogP contribution in [0.15, 0.2) is 60.8 Å². The van der Waals surface area contributed by atoms with E-state index in [1.165, 1.54) is 46.1 Å². The van der Waals surface area contributed by atoms with Crippen LogP contribution in [0.2, 0.25) is 19.1 Å². The first-order valence-corrected chi connectivity index (χ1v) is 16.5. The third kappa shape index (κ3) is 3.88. The van der Waals surface area contributed by atoms with Crippen molar-refractivity contribution < 1.29 is 0 Å². The zero-order valence-electron chi connectivity index (χ0n) is 20.9. The van der Waals surface area contributed by atoms with Crippen molar-refractivity contribution in [3.8, 4) is 22.4 Å². The van der Waals surface area contributed by atoms with Crippen molar-refractivity contribution in [1.82, 2.24) is 30.6 Å². The molecule has 2 atom stereocenters. The number of hydrogen-bond acceptors (Lipinski definition) is 4. The van der Waals surface area contributed by atoms with Crippen LogP contribution in [0.25, 0.3) is 44.2 Å². The van der Waals surface area contributed by atoms with E-state index in [4.69, 9.17) is 9.97 Å². The van der Waals surface area contributed by atoms with E-state index in [-0.39, 0.29) is 0 Å². The number of fused-ring (bicyclic) bond motifs is 3. The highest BCUT2D eigenvalue weighted by molar-refractivity contribution is 6.78. The molecule has 2 unspecified atom stereocenters. The number of nitrogens with one attached hydrogen (secondary N) is 4. The molecule has 2 aliphatic rings. The minimum Gasteiger partial charge on any atom is -0.341 e. The Morgan fingerprint density at radius 1 is 0.833 bits per heavy atom. The maximum atomic E-state index is 4.98. The summed E-state index contributed by atoms with van der Waals surface area (Å²) in [6, 6.07) is 21.8. The average molecular weight is 493 g/mol. The Hall–Kier alpha value is -3.26. The van der Waals surface area contributed by atoms with E-state index < -0.39 is 8.07 Å². The molecule has 0 saturated carbocycles. The van der Waals surface area contributed by atoms with Gasteiger partial charge in [-0.05, 0) is 65.8 Å². The van der Waals surface area contributed by atoms with Crippen molar-refractivity contribution in [2.45, 2.75) is 44.1 Å². The van der Waals surface area contributed by atoms with Crippen molar-refractivity contribution in [2.75, 3.05) is 12.7 Å². The Morgan fingerprint density at radius 2 is 1.67 bits per heavy atom. The maximum Gasteiger partial charge on any atom is 0.124 e. The second kappa shape index (κ2) is 8.40. The smallest absolute Gasteiger partial charge is 0.124 e. The number of aromatic amines is 2. The Balaban J connectivity index is 1.15. The third-order valence-electron chi connectivity index (χ3n) is 7.92. The second-order valence-corrected chi connectivity index (χ2v) is 16.3. The van der Waals surface area contributed by atoms with E-state index in [1.54, 1.807) is 0 Å². The van der Waals surface area contributed by atoms with Crippen LogP contribution >= 0.6 is 0 Å². The quantitative estimate of drug-likeness (QED) is 0.229. The fourth-order valence-electron chi connectivity index (χ4n) is 5.88. The SMILES string of the molecule is C[Si]1(C)CNC(c2ncc(-c3ccc(-c4ccc5c(ccc6[nH]c(C7CCCN7)nc65)c4)cc3)[nH]2)C1. The summed E-state index contributed by atoms with van der Waals surface area (Å²) >= 11 is 0. The molecule has 4 N–H and O–H groups in total. The van der Waals surface area contributed by atoms with E-state index in [1.807, 2.05) is 6.20 Å². The lowest BCUT2D eigenvalue weighted by Gasteiger charge is -2.11. The summed E-state index contributed by atoms with van der Waals surface area (Å²) in [4.78, 5) is 16.8. The first kappa shape index (κ1) is 22.0.